The maximum Gasteiger partial charge on any atom is 0.286 e. The molecule has 0 spiro atoms. The number of rotatable bonds is 4. The Morgan fingerprint density at radius 2 is 2.14 bits per heavy atom. The second-order valence-corrected chi connectivity index (χ2v) is 11.0. The number of hydrogen-bond donors (Lipinski definition) is 1. The summed E-state index contributed by atoms with van der Waals surface area (Å²) in [6.45, 7) is 2.67. The highest BCUT2D eigenvalue weighted by atomic mass is 35.5. The van der Waals surface area contributed by atoms with Crippen LogP contribution in [0.15, 0.2) is 25.8 Å². The van der Waals surface area contributed by atoms with Crippen molar-refractivity contribution >= 4 is 67.3 Å². The van der Waals surface area contributed by atoms with Gasteiger partial charge in [0.2, 0.25) is 5.13 Å². The second kappa shape index (κ2) is 8.21. The number of nitrogens with zero attached hydrogens (tertiary/aromatic N) is 4. The minimum Gasteiger partial charge on any atom is -0.328 e. The highest BCUT2D eigenvalue weighted by Gasteiger charge is 2.33. The Kier molecular flexibility index (Phi) is 5.83. The molecule has 0 unspecified atom stereocenters. The zero-order valence-corrected chi connectivity index (χ0v) is 18.7. The molecule has 0 saturated carbocycles. The molecular weight excluding hydrogens is 454 g/mol. The number of amidine groups is 1. The van der Waals surface area contributed by atoms with E-state index in [1.165, 1.54) is 29.2 Å². The van der Waals surface area contributed by atoms with Gasteiger partial charge in [-0.15, -0.1) is 14.6 Å². The third-order valence-corrected chi connectivity index (χ3v) is 8.08. The molecule has 12 heteroatoms. The van der Waals surface area contributed by atoms with Crippen LogP contribution < -0.4 is 10.2 Å². The topological polar surface area (TPSA) is 105 Å². The van der Waals surface area contributed by atoms with Gasteiger partial charge in [0.15, 0.2) is 4.34 Å². The molecule has 1 aromatic carbocycles. The number of fused-ring (bicyclic) bond motifs is 3. The summed E-state index contributed by atoms with van der Waals surface area (Å²) in [5.41, 5.74) is 0.540. The van der Waals surface area contributed by atoms with Crippen LogP contribution in [-0.2, 0) is 10.0 Å². The number of thioether (sulfide) groups is 1. The first-order chi connectivity index (χ1) is 13.9. The molecule has 1 amide bonds. The molecule has 2 aromatic rings. The van der Waals surface area contributed by atoms with Crippen molar-refractivity contribution in [2.45, 2.75) is 41.8 Å². The van der Waals surface area contributed by atoms with E-state index in [1.807, 2.05) is 11.8 Å². The van der Waals surface area contributed by atoms with Crippen molar-refractivity contribution < 1.29 is 13.2 Å². The predicted molar refractivity (Wildman–Crippen MR) is 116 cm³/mol. The lowest BCUT2D eigenvalue weighted by atomic mass is 10.1. The summed E-state index contributed by atoms with van der Waals surface area (Å²) >= 11 is 9.15. The summed E-state index contributed by atoms with van der Waals surface area (Å²) in [5, 5.41) is 11.1. The summed E-state index contributed by atoms with van der Waals surface area (Å²) in [6, 6.07) is 2.85. The van der Waals surface area contributed by atoms with Crippen molar-refractivity contribution in [3.63, 3.8) is 0 Å². The number of carbonyl (C=O) groups excluding carboxylic acids is 1. The zero-order chi connectivity index (χ0) is 20.6. The number of sulfonamides is 1. The fourth-order valence-electron chi connectivity index (χ4n) is 3.28. The summed E-state index contributed by atoms with van der Waals surface area (Å²) < 4.78 is 30.2. The van der Waals surface area contributed by atoms with Crippen LogP contribution in [0.5, 0.6) is 0 Å². The molecule has 4 rings (SSSR count). The van der Waals surface area contributed by atoms with E-state index in [1.54, 1.807) is 6.07 Å². The van der Waals surface area contributed by atoms with Crippen molar-refractivity contribution in [3.05, 3.63) is 22.7 Å². The third kappa shape index (κ3) is 4.14. The molecule has 0 aliphatic carbocycles. The van der Waals surface area contributed by atoms with Gasteiger partial charge in [0, 0.05) is 13.0 Å². The molecule has 1 N–H and O–H groups in total. The van der Waals surface area contributed by atoms with E-state index in [-0.39, 0.29) is 15.5 Å². The Morgan fingerprint density at radius 1 is 1.31 bits per heavy atom. The highest BCUT2D eigenvalue weighted by molar-refractivity contribution is 8.01. The van der Waals surface area contributed by atoms with Crippen molar-refractivity contribution in [2.24, 2.45) is 4.40 Å². The van der Waals surface area contributed by atoms with Crippen molar-refractivity contribution in [1.82, 2.24) is 10.2 Å². The minimum absolute atomic E-state index is 0.00260. The van der Waals surface area contributed by atoms with E-state index >= 15 is 0 Å². The molecule has 1 aromatic heterocycles. The van der Waals surface area contributed by atoms with E-state index < -0.39 is 15.9 Å². The average molecular weight is 472 g/mol. The number of hydrogen-bond acceptors (Lipinski definition) is 8. The van der Waals surface area contributed by atoms with E-state index in [0.717, 1.165) is 29.4 Å². The van der Waals surface area contributed by atoms with Crippen LogP contribution in [0.3, 0.4) is 0 Å². The van der Waals surface area contributed by atoms with Gasteiger partial charge in [-0.25, -0.2) is 0 Å². The number of amides is 1. The largest absolute Gasteiger partial charge is 0.328 e. The number of halogens is 1. The third-order valence-electron chi connectivity index (χ3n) is 4.58. The molecule has 1 fully saturated rings. The molecule has 154 valence electrons. The lowest BCUT2D eigenvalue weighted by Gasteiger charge is -2.30. The maximum absolute atomic E-state index is 12.7. The second-order valence-electron chi connectivity index (χ2n) is 6.50. The molecular formula is C17H18ClN5O3S3. The lowest BCUT2D eigenvalue weighted by Crippen LogP contribution is -2.35. The lowest BCUT2D eigenvalue weighted by molar-refractivity contribution is 0.102. The fraction of sp³-hybridized carbons (Fsp3) is 0.412. The molecule has 0 atom stereocenters. The molecule has 3 heterocycles. The van der Waals surface area contributed by atoms with E-state index in [9.17, 15) is 13.2 Å². The van der Waals surface area contributed by atoms with Crippen LogP contribution in [0.4, 0.5) is 10.8 Å². The Balaban J connectivity index is 1.68. The Bertz CT molecular complexity index is 1100. The standard InChI is InChI=1S/C17H18ClN5O3S3/c1-2-27-17-21-20-16(28-17)19-15(24)10-8-13-12(9-11(10)18)23-7-5-3-4-6-14(23)22-29(13,25)26/h8-9H,2-7H2,1H3,(H,19,20,24). The zero-order valence-electron chi connectivity index (χ0n) is 15.5. The monoisotopic (exact) mass is 471 g/mol. The molecule has 2 aliphatic rings. The number of nitrogens with one attached hydrogen (secondary N) is 1. The molecule has 1 saturated heterocycles. The molecule has 8 nitrogen and oxygen atoms in total. The normalized spacial score (nSPS) is 17.7. The van der Waals surface area contributed by atoms with Gasteiger partial charge in [0.25, 0.3) is 15.9 Å². The number of aromatic nitrogens is 2. The van der Waals surface area contributed by atoms with E-state index in [2.05, 4.69) is 19.9 Å². The molecule has 2 aliphatic heterocycles. The Labute approximate surface area is 181 Å². The minimum atomic E-state index is -3.90. The van der Waals surface area contributed by atoms with Crippen LogP contribution in [0, 0.1) is 0 Å². The van der Waals surface area contributed by atoms with Crippen LogP contribution in [0.1, 0.15) is 43.0 Å². The van der Waals surface area contributed by atoms with Crippen molar-refractivity contribution in [2.75, 3.05) is 22.5 Å². The summed E-state index contributed by atoms with van der Waals surface area (Å²) in [7, 11) is -3.90. The summed E-state index contributed by atoms with van der Waals surface area (Å²) in [5.74, 6) is 0.844. The van der Waals surface area contributed by atoms with Gasteiger partial charge in [-0.05, 0) is 30.7 Å². The molecule has 0 radical (unpaired) electrons. The Hall–Kier alpha value is -1.69. The first-order valence-electron chi connectivity index (χ1n) is 9.11. The first-order valence-corrected chi connectivity index (χ1v) is 12.7. The predicted octanol–water partition coefficient (Wildman–Crippen LogP) is 4.04. The van der Waals surface area contributed by atoms with Crippen LogP contribution in [-0.4, -0.2) is 42.7 Å². The van der Waals surface area contributed by atoms with Crippen LogP contribution in [0.25, 0.3) is 0 Å². The van der Waals surface area contributed by atoms with Crippen molar-refractivity contribution in [1.29, 1.82) is 0 Å². The number of anilines is 2. The molecule has 0 bridgehead atoms. The van der Waals surface area contributed by atoms with Gasteiger partial charge >= 0.3 is 0 Å². The van der Waals surface area contributed by atoms with Gasteiger partial charge < -0.3 is 4.90 Å². The SMILES string of the molecule is CCSc1nnc(NC(=O)c2cc3c(cc2Cl)N2CCCCCC2=NS3(=O)=O)s1. The van der Waals surface area contributed by atoms with Gasteiger partial charge in [-0.2, -0.15) is 8.42 Å². The average Bonchev–Trinajstić information content (AvgIpc) is 2.96. The van der Waals surface area contributed by atoms with E-state index in [4.69, 9.17) is 11.6 Å². The van der Waals surface area contributed by atoms with Gasteiger partial charge in [-0.3, -0.25) is 10.1 Å². The number of benzene rings is 1. The van der Waals surface area contributed by atoms with Crippen LogP contribution >= 0.6 is 34.7 Å². The van der Waals surface area contributed by atoms with Gasteiger partial charge in [0.1, 0.15) is 10.7 Å². The van der Waals surface area contributed by atoms with E-state index in [0.29, 0.717) is 29.6 Å². The summed E-state index contributed by atoms with van der Waals surface area (Å²) in [4.78, 5) is 14.6. The molecule has 29 heavy (non-hydrogen) atoms. The first kappa shape index (κ1) is 20.6. The van der Waals surface area contributed by atoms with Gasteiger partial charge in [-0.1, -0.05) is 48.0 Å². The quantitative estimate of drug-likeness (QED) is 0.530. The number of carbonyl (C=O) groups is 1. The van der Waals surface area contributed by atoms with Crippen molar-refractivity contribution in [3.8, 4) is 0 Å². The van der Waals surface area contributed by atoms with Crippen LogP contribution in [0.2, 0.25) is 5.02 Å². The highest BCUT2D eigenvalue weighted by Crippen LogP contribution is 2.38. The Morgan fingerprint density at radius 3 is 2.93 bits per heavy atom. The fourth-order valence-corrected chi connectivity index (χ4v) is 6.43. The maximum atomic E-state index is 12.7. The smallest absolute Gasteiger partial charge is 0.286 e. The summed E-state index contributed by atoms with van der Waals surface area (Å²) in [6.07, 6.45) is 3.45. The van der Waals surface area contributed by atoms with Gasteiger partial charge in [0.05, 0.1) is 16.3 Å².